The van der Waals surface area contributed by atoms with E-state index in [4.69, 9.17) is 4.74 Å². The van der Waals surface area contributed by atoms with Gasteiger partial charge in [-0.1, -0.05) is 12.1 Å². The van der Waals surface area contributed by atoms with Crippen LogP contribution in [-0.4, -0.2) is 42.3 Å². The Morgan fingerprint density at radius 1 is 1.32 bits per heavy atom. The molecular formula is C14H22Cl2N4O2. The highest BCUT2D eigenvalue weighted by Gasteiger charge is 2.08. The number of aromatic nitrogens is 2. The SMILES string of the molecule is COCCNCC(=O)NCc1nc2ccccc2n1C.Cl.Cl. The lowest BCUT2D eigenvalue weighted by Crippen LogP contribution is -2.35. The number of fused-ring (bicyclic) bond motifs is 1. The van der Waals surface area contributed by atoms with Gasteiger partial charge in [0.1, 0.15) is 5.82 Å². The highest BCUT2D eigenvalue weighted by atomic mass is 35.5. The summed E-state index contributed by atoms with van der Waals surface area (Å²) in [7, 11) is 3.58. The Morgan fingerprint density at radius 3 is 2.73 bits per heavy atom. The standard InChI is InChI=1S/C14H20N4O2.2ClH/c1-18-12-6-4-3-5-11(12)17-13(18)9-16-14(19)10-15-7-8-20-2;;/h3-6,15H,7-10H2,1-2H3,(H,16,19);2*1H. The third kappa shape index (κ3) is 5.46. The second-order valence-corrected chi connectivity index (χ2v) is 4.52. The van der Waals surface area contributed by atoms with Gasteiger partial charge in [-0.15, -0.1) is 24.8 Å². The number of hydrogen-bond acceptors (Lipinski definition) is 4. The zero-order valence-electron chi connectivity index (χ0n) is 12.7. The molecule has 22 heavy (non-hydrogen) atoms. The van der Waals surface area contributed by atoms with Gasteiger partial charge < -0.3 is 19.9 Å². The highest BCUT2D eigenvalue weighted by Crippen LogP contribution is 2.13. The van der Waals surface area contributed by atoms with Gasteiger partial charge in [-0.05, 0) is 12.1 Å². The minimum absolute atomic E-state index is 0. The highest BCUT2D eigenvalue weighted by molar-refractivity contribution is 5.85. The van der Waals surface area contributed by atoms with E-state index in [0.29, 0.717) is 19.7 Å². The Hall–Kier alpha value is -1.34. The lowest BCUT2D eigenvalue weighted by Gasteiger charge is -2.06. The summed E-state index contributed by atoms with van der Waals surface area (Å²) in [6, 6.07) is 7.91. The molecule has 0 unspecified atom stereocenters. The first-order valence-corrected chi connectivity index (χ1v) is 6.59. The van der Waals surface area contributed by atoms with Crippen LogP contribution < -0.4 is 10.6 Å². The van der Waals surface area contributed by atoms with Gasteiger partial charge >= 0.3 is 0 Å². The van der Waals surface area contributed by atoms with Crippen molar-refractivity contribution >= 4 is 41.8 Å². The summed E-state index contributed by atoms with van der Waals surface area (Å²) in [5, 5.41) is 5.85. The molecule has 2 N–H and O–H groups in total. The van der Waals surface area contributed by atoms with Gasteiger partial charge in [-0.3, -0.25) is 4.79 Å². The van der Waals surface area contributed by atoms with Crippen LogP contribution in [0.2, 0.25) is 0 Å². The molecule has 1 amide bonds. The predicted molar refractivity (Wildman–Crippen MR) is 91.8 cm³/mol. The monoisotopic (exact) mass is 348 g/mol. The number of methoxy groups -OCH3 is 1. The number of hydrogen-bond donors (Lipinski definition) is 2. The number of carbonyl (C=O) groups excluding carboxylic acids is 1. The van der Waals surface area contributed by atoms with Crippen molar-refractivity contribution in [2.24, 2.45) is 7.05 Å². The largest absolute Gasteiger partial charge is 0.383 e. The van der Waals surface area contributed by atoms with Crippen molar-refractivity contribution in [1.29, 1.82) is 0 Å². The molecule has 1 aromatic heterocycles. The molecule has 0 bridgehead atoms. The molecule has 0 atom stereocenters. The van der Waals surface area contributed by atoms with E-state index in [9.17, 15) is 4.79 Å². The van der Waals surface area contributed by atoms with Crippen LogP contribution in [-0.2, 0) is 23.1 Å². The van der Waals surface area contributed by atoms with Crippen LogP contribution >= 0.6 is 24.8 Å². The van der Waals surface area contributed by atoms with Gasteiger partial charge in [0.05, 0.1) is 30.7 Å². The number of halogens is 2. The fourth-order valence-electron chi connectivity index (χ4n) is 1.97. The fraction of sp³-hybridized carbons (Fsp3) is 0.429. The van der Waals surface area contributed by atoms with Gasteiger partial charge in [0.15, 0.2) is 0 Å². The van der Waals surface area contributed by atoms with Crippen LogP contribution in [0.1, 0.15) is 5.82 Å². The van der Waals surface area contributed by atoms with Crippen molar-refractivity contribution in [1.82, 2.24) is 20.2 Å². The van der Waals surface area contributed by atoms with Gasteiger partial charge in [-0.2, -0.15) is 0 Å². The van der Waals surface area contributed by atoms with Crippen LogP contribution in [0.15, 0.2) is 24.3 Å². The van der Waals surface area contributed by atoms with Gasteiger partial charge in [0.25, 0.3) is 0 Å². The van der Waals surface area contributed by atoms with Gasteiger partial charge in [0.2, 0.25) is 5.91 Å². The van der Waals surface area contributed by atoms with Crippen molar-refractivity contribution in [3.8, 4) is 0 Å². The fourth-order valence-corrected chi connectivity index (χ4v) is 1.97. The molecule has 0 fully saturated rings. The average Bonchev–Trinajstić information content (AvgIpc) is 2.78. The molecule has 0 aliphatic heterocycles. The number of imidazole rings is 1. The number of nitrogens with one attached hydrogen (secondary N) is 2. The van der Waals surface area contributed by atoms with E-state index in [1.165, 1.54) is 0 Å². The van der Waals surface area contributed by atoms with Crippen LogP contribution in [0, 0.1) is 0 Å². The Morgan fingerprint density at radius 2 is 2.05 bits per heavy atom. The topological polar surface area (TPSA) is 68.2 Å². The van der Waals surface area contributed by atoms with Crippen molar-refractivity contribution in [2.45, 2.75) is 6.54 Å². The Balaban J connectivity index is 0.00000220. The molecule has 2 rings (SSSR count). The van der Waals surface area contributed by atoms with E-state index >= 15 is 0 Å². The van der Waals surface area contributed by atoms with Crippen molar-refractivity contribution in [3.05, 3.63) is 30.1 Å². The Kier molecular flexibility index (Phi) is 9.76. The van der Waals surface area contributed by atoms with Crippen LogP contribution in [0.3, 0.4) is 0 Å². The number of benzene rings is 1. The van der Waals surface area contributed by atoms with E-state index in [1.807, 2.05) is 35.9 Å². The molecule has 6 nitrogen and oxygen atoms in total. The van der Waals surface area contributed by atoms with Crippen LogP contribution in [0.4, 0.5) is 0 Å². The van der Waals surface area contributed by atoms with E-state index < -0.39 is 0 Å². The number of aryl methyl sites for hydroxylation is 1. The summed E-state index contributed by atoms with van der Waals surface area (Å²) in [4.78, 5) is 16.2. The van der Waals surface area contributed by atoms with Crippen molar-refractivity contribution in [3.63, 3.8) is 0 Å². The van der Waals surface area contributed by atoms with E-state index in [0.717, 1.165) is 16.9 Å². The van der Waals surface area contributed by atoms with Crippen molar-refractivity contribution < 1.29 is 9.53 Å². The third-order valence-corrected chi connectivity index (χ3v) is 3.09. The molecule has 1 aromatic carbocycles. The summed E-state index contributed by atoms with van der Waals surface area (Å²) in [5.74, 6) is 0.796. The molecule has 1 heterocycles. The van der Waals surface area contributed by atoms with Gasteiger partial charge in [0, 0.05) is 20.7 Å². The average molecular weight is 349 g/mol. The van der Waals surface area contributed by atoms with E-state index in [1.54, 1.807) is 7.11 Å². The molecule has 0 radical (unpaired) electrons. The van der Waals surface area contributed by atoms with Crippen molar-refractivity contribution in [2.75, 3.05) is 26.8 Å². The molecule has 2 aromatic rings. The first-order valence-electron chi connectivity index (χ1n) is 6.59. The smallest absolute Gasteiger partial charge is 0.234 e. The predicted octanol–water partition coefficient (Wildman–Crippen LogP) is 1.27. The maximum atomic E-state index is 11.7. The molecule has 0 aliphatic carbocycles. The number of nitrogens with zero attached hydrogens (tertiary/aromatic N) is 2. The first kappa shape index (κ1) is 20.7. The minimum atomic E-state index is -0.0480. The molecule has 8 heteroatoms. The molecule has 0 saturated carbocycles. The molecule has 0 saturated heterocycles. The Labute approximate surface area is 142 Å². The molecule has 0 spiro atoms. The van der Waals surface area contributed by atoms with E-state index in [2.05, 4.69) is 15.6 Å². The van der Waals surface area contributed by atoms with Crippen LogP contribution in [0.5, 0.6) is 0 Å². The molecule has 0 aliphatic rings. The number of amides is 1. The second-order valence-electron chi connectivity index (χ2n) is 4.52. The first-order chi connectivity index (χ1) is 9.72. The maximum Gasteiger partial charge on any atom is 0.234 e. The summed E-state index contributed by atoms with van der Waals surface area (Å²) in [6.07, 6.45) is 0. The summed E-state index contributed by atoms with van der Waals surface area (Å²) in [5.41, 5.74) is 2.01. The lowest BCUT2D eigenvalue weighted by atomic mass is 10.3. The number of ether oxygens (including phenoxy) is 1. The third-order valence-electron chi connectivity index (χ3n) is 3.09. The quantitative estimate of drug-likeness (QED) is 0.739. The molecular weight excluding hydrogens is 327 g/mol. The second kappa shape index (κ2) is 10.4. The van der Waals surface area contributed by atoms with Crippen LogP contribution in [0.25, 0.3) is 11.0 Å². The van der Waals surface area contributed by atoms with Gasteiger partial charge in [-0.25, -0.2) is 4.98 Å². The Bertz CT molecular complexity index is 589. The lowest BCUT2D eigenvalue weighted by molar-refractivity contribution is -0.120. The summed E-state index contributed by atoms with van der Waals surface area (Å²) in [6.45, 7) is 1.97. The maximum absolute atomic E-state index is 11.7. The zero-order valence-corrected chi connectivity index (χ0v) is 14.3. The minimum Gasteiger partial charge on any atom is -0.383 e. The zero-order chi connectivity index (χ0) is 14.4. The number of carbonyl (C=O) groups is 1. The normalized spacial score (nSPS) is 9.91. The number of rotatable bonds is 7. The number of para-hydroxylation sites is 2. The van der Waals surface area contributed by atoms with E-state index in [-0.39, 0.29) is 37.3 Å². The summed E-state index contributed by atoms with van der Waals surface area (Å²) >= 11 is 0. The molecule has 124 valence electrons. The summed E-state index contributed by atoms with van der Waals surface area (Å²) < 4.78 is 6.89.